The molecule has 0 radical (unpaired) electrons. The van der Waals surface area contributed by atoms with Crippen LogP contribution in [0.25, 0.3) is 0 Å². The third-order valence-corrected chi connectivity index (χ3v) is 2.84. The lowest BCUT2D eigenvalue weighted by atomic mass is 9.99. The molecule has 96 valence electrons. The highest BCUT2D eigenvalue weighted by Gasteiger charge is 2.20. The Hall–Kier alpha value is -2.26. The van der Waals surface area contributed by atoms with E-state index in [1.807, 2.05) is 6.07 Å². The second-order valence-electron chi connectivity index (χ2n) is 4.24. The highest BCUT2D eigenvalue weighted by Crippen LogP contribution is 2.10. The van der Waals surface area contributed by atoms with E-state index < -0.39 is 11.9 Å². The molecule has 2 aromatic rings. The second kappa shape index (κ2) is 6.07. The minimum Gasteiger partial charge on any atom is -0.384 e. The van der Waals surface area contributed by atoms with Gasteiger partial charge in [0.2, 0.25) is 0 Å². The molecule has 0 unspecified atom stereocenters. The summed E-state index contributed by atoms with van der Waals surface area (Å²) in [6, 6.07) is 17.1. The number of hydrogen-bond acceptors (Lipinski definition) is 3. The van der Waals surface area contributed by atoms with Gasteiger partial charge in [-0.15, -0.1) is 0 Å². The van der Waals surface area contributed by atoms with Crippen molar-refractivity contribution in [1.29, 1.82) is 0 Å². The van der Waals surface area contributed by atoms with Gasteiger partial charge in [0.1, 0.15) is 6.10 Å². The summed E-state index contributed by atoms with van der Waals surface area (Å²) in [5.41, 5.74) is 0.915. The molecule has 0 spiro atoms. The van der Waals surface area contributed by atoms with Crippen molar-refractivity contribution in [3.63, 3.8) is 0 Å². The Morgan fingerprint density at radius 2 is 1.32 bits per heavy atom. The highest BCUT2D eigenvalue weighted by molar-refractivity contribution is 6.04. The number of aliphatic hydroxyl groups excluding tert-OH is 1. The number of Topliss-reactive ketones (excluding diaryl/α,β-unsaturated/α-hetero) is 2. The first-order valence-electron chi connectivity index (χ1n) is 6.04. The standard InChI is InChI=1S/C16H14O3/c17-14(12-7-3-1-4-8-12)11-15(18)16(19)13-9-5-2-6-10-13/h1-10,15,18H,11H2/t15-/m0/s1. The minimum atomic E-state index is -1.30. The van der Waals surface area contributed by atoms with Crippen LogP contribution in [0.1, 0.15) is 27.1 Å². The molecule has 0 amide bonds. The average Bonchev–Trinajstić information content (AvgIpc) is 2.48. The second-order valence-corrected chi connectivity index (χ2v) is 4.24. The molecular formula is C16H14O3. The maximum atomic E-state index is 11.9. The fourth-order valence-electron chi connectivity index (χ4n) is 1.81. The van der Waals surface area contributed by atoms with Gasteiger partial charge in [-0.2, -0.15) is 0 Å². The lowest BCUT2D eigenvalue weighted by Crippen LogP contribution is -2.24. The van der Waals surface area contributed by atoms with Gasteiger partial charge in [0.15, 0.2) is 11.6 Å². The van der Waals surface area contributed by atoms with Gasteiger partial charge in [-0.05, 0) is 0 Å². The molecule has 0 heterocycles. The molecule has 0 saturated carbocycles. The average molecular weight is 254 g/mol. The van der Waals surface area contributed by atoms with Crippen LogP contribution in [0.3, 0.4) is 0 Å². The Morgan fingerprint density at radius 1 is 0.842 bits per heavy atom. The van der Waals surface area contributed by atoms with E-state index >= 15 is 0 Å². The van der Waals surface area contributed by atoms with Gasteiger partial charge >= 0.3 is 0 Å². The van der Waals surface area contributed by atoms with E-state index in [-0.39, 0.29) is 12.2 Å². The fraction of sp³-hybridized carbons (Fsp3) is 0.125. The SMILES string of the molecule is O=C(C[C@H](O)C(=O)c1ccccc1)c1ccccc1. The van der Waals surface area contributed by atoms with Gasteiger partial charge in [0.25, 0.3) is 0 Å². The summed E-state index contributed by atoms with van der Waals surface area (Å²) in [6.07, 6.45) is -1.49. The molecule has 19 heavy (non-hydrogen) atoms. The molecule has 3 nitrogen and oxygen atoms in total. The van der Waals surface area contributed by atoms with Crippen LogP contribution in [0.5, 0.6) is 0 Å². The van der Waals surface area contributed by atoms with Crippen LogP contribution >= 0.6 is 0 Å². The monoisotopic (exact) mass is 254 g/mol. The van der Waals surface area contributed by atoms with E-state index in [4.69, 9.17) is 0 Å². The minimum absolute atomic E-state index is 0.197. The molecule has 2 rings (SSSR count). The van der Waals surface area contributed by atoms with Crippen molar-refractivity contribution in [2.45, 2.75) is 12.5 Å². The number of benzene rings is 2. The number of aliphatic hydroxyl groups is 1. The summed E-state index contributed by atoms with van der Waals surface area (Å²) in [5, 5.41) is 9.83. The first-order valence-corrected chi connectivity index (χ1v) is 6.04. The normalized spacial score (nSPS) is 11.8. The van der Waals surface area contributed by atoms with Gasteiger partial charge in [0, 0.05) is 17.5 Å². The molecular weight excluding hydrogens is 240 g/mol. The molecule has 0 saturated heterocycles. The van der Waals surface area contributed by atoms with Crippen molar-refractivity contribution in [3.05, 3.63) is 71.8 Å². The molecule has 0 aromatic heterocycles. The predicted molar refractivity (Wildman–Crippen MR) is 72.2 cm³/mol. The van der Waals surface area contributed by atoms with Gasteiger partial charge in [-0.25, -0.2) is 0 Å². The third-order valence-electron chi connectivity index (χ3n) is 2.84. The molecule has 0 aliphatic rings. The number of hydrogen-bond donors (Lipinski definition) is 1. The summed E-state index contributed by atoms with van der Waals surface area (Å²) < 4.78 is 0. The maximum Gasteiger partial charge on any atom is 0.191 e. The van der Waals surface area contributed by atoms with Crippen LogP contribution in [0.2, 0.25) is 0 Å². The number of rotatable bonds is 5. The van der Waals surface area contributed by atoms with E-state index in [2.05, 4.69) is 0 Å². The van der Waals surface area contributed by atoms with Crippen molar-refractivity contribution >= 4 is 11.6 Å². The number of ketones is 2. The smallest absolute Gasteiger partial charge is 0.191 e. The molecule has 1 atom stereocenters. The van der Waals surface area contributed by atoms with E-state index in [1.165, 1.54) is 0 Å². The van der Waals surface area contributed by atoms with Crippen molar-refractivity contribution in [1.82, 2.24) is 0 Å². The van der Waals surface area contributed by atoms with Gasteiger partial charge in [-0.1, -0.05) is 60.7 Å². The molecule has 3 heteroatoms. The Kier molecular flexibility index (Phi) is 4.21. The molecule has 0 aliphatic carbocycles. The van der Waals surface area contributed by atoms with Crippen molar-refractivity contribution in [3.8, 4) is 0 Å². The Labute approximate surface area is 111 Å². The molecule has 0 fully saturated rings. The third kappa shape index (κ3) is 3.36. The number of carbonyl (C=O) groups excluding carboxylic acids is 2. The zero-order chi connectivity index (χ0) is 13.7. The van der Waals surface area contributed by atoms with Crippen molar-refractivity contribution < 1.29 is 14.7 Å². The van der Waals surface area contributed by atoms with E-state index in [9.17, 15) is 14.7 Å². The zero-order valence-corrected chi connectivity index (χ0v) is 10.3. The molecule has 2 aromatic carbocycles. The van der Waals surface area contributed by atoms with Gasteiger partial charge < -0.3 is 5.11 Å². The first-order chi connectivity index (χ1) is 9.18. The fourth-order valence-corrected chi connectivity index (χ4v) is 1.81. The zero-order valence-electron chi connectivity index (χ0n) is 10.3. The summed E-state index contributed by atoms with van der Waals surface area (Å²) in [6.45, 7) is 0. The van der Waals surface area contributed by atoms with Gasteiger partial charge in [-0.3, -0.25) is 9.59 Å². The summed E-state index contributed by atoms with van der Waals surface area (Å²) in [5.74, 6) is -0.665. The topological polar surface area (TPSA) is 54.4 Å². The molecule has 0 aliphatic heterocycles. The maximum absolute atomic E-state index is 11.9. The van der Waals surface area contributed by atoms with Gasteiger partial charge in [0.05, 0.1) is 0 Å². The van der Waals surface area contributed by atoms with Crippen LogP contribution in [0.15, 0.2) is 60.7 Å². The van der Waals surface area contributed by atoms with Crippen LogP contribution in [0.4, 0.5) is 0 Å². The van der Waals surface area contributed by atoms with Crippen LogP contribution in [-0.4, -0.2) is 22.8 Å². The summed E-state index contributed by atoms with van der Waals surface area (Å²) in [4.78, 5) is 23.8. The van der Waals surface area contributed by atoms with E-state index in [0.29, 0.717) is 11.1 Å². The quantitative estimate of drug-likeness (QED) is 0.834. The van der Waals surface area contributed by atoms with E-state index in [1.54, 1.807) is 54.6 Å². The predicted octanol–water partition coefficient (Wildman–Crippen LogP) is 2.50. The Morgan fingerprint density at radius 3 is 1.84 bits per heavy atom. The Bertz CT molecular complexity index is 561. The molecule has 0 bridgehead atoms. The van der Waals surface area contributed by atoms with Crippen LogP contribution in [-0.2, 0) is 0 Å². The largest absolute Gasteiger partial charge is 0.384 e. The first kappa shape index (κ1) is 13.2. The Balaban J connectivity index is 2.04. The van der Waals surface area contributed by atoms with Crippen molar-refractivity contribution in [2.24, 2.45) is 0 Å². The summed E-state index contributed by atoms with van der Waals surface area (Å²) >= 11 is 0. The highest BCUT2D eigenvalue weighted by atomic mass is 16.3. The summed E-state index contributed by atoms with van der Waals surface area (Å²) in [7, 11) is 0. The van der Waals surface area contributed by atoms with Crippen LogP contribution < -0.4 is 0 Å². The number of carbonyl (C=O) groups is 2. The van der Waals surface area contributed by atoms with Crippen molar-refractivity contribution in [2.75, 3.05) is 0 Å². The van der Waals surface area contributed by atoms with Crippen LogP contribution in [0, 0.1) is 0 Å². The van der Waals surface area contributed by atoms with E-state index in [0.717, 1.165) is 0 Å². The lowest BCUT2D eigenvalue weighted by molar-refractivity contribution is 0.0681. The lowest BCUT2D eigenvalue weighted by Gasteiger charge is -2.08. The molecule has 1 N–H and O–H groups in total.